The molecule has 0 aliphatic rings. The molecule has 0 spiro atoms. The summed E-state index contributed by atoms with van der Waals surface area (Å²) in [6, 6.07) is 6.87. The first-order valence-electron chi connectivity index (χ1n) is 7.05. The maximum atomic E-state index is 12.9. The fourth-order valence-corrected chi connectivity index (χ4v) is 2.86. The number of alkyl halides is 3. The SMILES string of the molecule is CN(CC(=O)Nc1ccccc1C(F)(F)F)C(=O)c1ccc([N+](=O)[O-])s1. The Morgan fingerprint density at radius 3 is 2.46 bits per heavy atom. The molecule has 11 heteroatoms. The maximum absolute atomic E-state index is 12.9. The summed E-state index contributed by atoms with van der Waals surface area (Å²) >= 11 is 0.644. The standard InChI is InChI=1S/C15H12F3N3O4S/c1-20(14(23)11-6-7-13(26-11)21(24)25)8-12(22)19-10-5-3-2-4-9(10)15(16,17)18/h2-7H,8H2,1H3,(H,19,22). The van der Waals surface area contributed by atoms with E-state index in [1.54, 1.807) is 0 Å². The van der Waals surface area contributed by atoms with Gasteiger partial charge in [-0.05, 0) is 18.2 Å². The Kier molecular flexibility index (Phi) is 5.60. The lowest BCUT2D eigenvalue weighted by Gasteiger charge is -2.17. The average molecular weight is 387 g/mol. The molecule has 2 amide bonds. The van der Waals surface area contributed by atoms with Gasteiger partial charge in [0.1, 0.15) is 0 Å². The first-order valence-corrected chi connectivity index (χ1v) is 7.87. The summed E-state index contributed by atoms with van der Waals surface area (Å²) in [5, 5.41) is 12.5. The second-order valence-electron chi connectivity index (χ2n) is 5.15. The highest BCUT2D eigenvalue weighted by molar-refractivity contribution is 7.17. The molecule has 1 aromatic carbocycles. The zero-order valence-corrected chi connectivity index (χ0v) is 14.1. The monoisotopic (exact) mass is 387 g/mol. The summed E-state index contributed by atoms with van der Waals surface area (Å²) in [6.07, 6.45) is -4.64. The molecule has 138 valence electrons. The van der Waals surface area contributed by atoms with Gasteiger partial charge < -0.3 is 10.2 Å². The topological polar surface area (TPSA) is 92.6 Å². The Hall–Kier alpha value is -2.95. The minimum absolute atomic E-state index is 0.0442. The van der Waals surface area contributed by atoms with Crippen molar-refractivity contribution in [2.24, 2.45) is 0 Å². The van der Waals surface area contributed by atoms with Gasteiger partial charge in [0.2, 0.25) is 5.91 Å². The van der Waals surface area contributed by atoms with Crippen LogP contribution in [0.15, 0.2) is 36.4 Å². The maximum Gasteiger partial charge on any atom is 0.418 e. The number of carbonyl (C=O) groups excluding carboxylic acids is 2. The predicted molar refractivity (Wildman–Crippen MR) is 88.0 cm³/mol. The van der Waals surface area contributed by atoms with Crippen LogP contribution in [0, 0.1) is 10.1 Å². The van der Waals surface area contributed by atoms with Crippen molar-refractivity contribution < 1.29 is 27.7 Å². The molecule has 0 bridgehead atoms. The van der Waals surface area contributed by atoms with Crippen molar-refractivity contribution in [3.63, 3.8) is 0 Å². The van der Waals surface area contributed by atoms with E-state index in [0.717, 1.165) is 23.1 Å². The van der Waals surface area contributed by atoms with Gasteiger partial charge in [0.15, 0.2) is 0 Å². The second-order valence-corrected chi connectivity index (χ2v) is 6.21. The number of amides is 2. The number of benzene rings is 1. The third-order valence-corrected chi connectivity index (χ3v) is 4.24. The molecule has 0 saturated heterocycles. The Morgan fingerprint density at radius 1 is 1.23 bits per heavy atom. The van der Waals surface area contributed by atoms with Gasteiger partial charge in [0, 0.05) is 13.1 Å². The van der Waals surface area contributed by atoms with Crippen molar-refractivity contribution in [1.29, 1.82) is 0 Å². The van der Waals surface area contributed by atoms with Crippen LogP contribution in [0.1, 0.15) is 15.2 Å². The number of nitro groups is 1. The molecule has 26 heavy (non-hydrogen) atoms. The fourth-order valence-electron chi connectivity index (χ4n) is 2.05. The van der Waals surface area contributed by atoms with E-state index in [0.29, 0.717) is 11.3 Å². The van der Waals surface area contributed by atoms with Crippen LogP contribution in [0.3, 0.4) is 0 Å². The molecule has 2 aromatic rings. The number of rotatable bonds is 5. The normalized spacial score (nSPS) is 11.1. The van der Waals surface area contributed by atoms with Crippen molar-refractivity contribution in [3.05, 3.63) is 57.0 Å². The number of thiophene rings is 1. The first kappa shape index (κ1) is 19.4. The van der Waals surface area contributed by atoms with Crippen LogP contribution in [-0.2, 0) is 11.0 Å². The summed E-state index contributed by atoms with van der Waals surface area (Å²) in [5.41, 5.74) is -1.42. The summed E-state index contributed by atoms with van der Waals surface area (Å²) < 4.78 is 38.7. The Morgan fingerprint density at radius 2 is 1.88 bits per heavy atom. The number of halogens is 3. The van der Waals surface area contributed by atoms with Gasteiger partial charge in [-0.25, -0.2) is 0 Å². The number of anilines is 1. The van der Waals surface area contributed by atoms with Crippen LogP contribution in [0.25, 0.3) is 0 Å². The summed E-state index contributed by atoms with van der Waals surface area (Å²) in [5.74, 6) is -1.48. The third kappa shape index (κ3) is 4.57. The van der Waals surface area contributed by atoms with Crippen molar-refractivity contribution in [3.8, 4) is 0 Å². The molecule has 0 fully saturated rings. The minimum Gasteiger partial charge on any atom is -0.332 e. The fraction of sp³-hybridized carbons (Fsp3) is 0.200. The highest BCUT2D eigenvalue weighted by atomic mass is 32.1. The van der Waals surface area contributed by atoms with Gasteiger partial charge in [-0.3, -0.25) is 19.7 Å². The highest BCUT2D eigenvalue weighted by Gasteiger charge is 2.33. The molecular weight excluding hydrogens is 375 g/mol. The molecule has 0 aliphatic carbocycles. The zero-order chi connectivity index (χ0) is 19.5. The summed E-state index contributed by atoms with van der Waals surface area (Å²) in [6.45, 7) is -0.517. The minimum atomic E-state index is -4.64. The number of nitrogens with zero attached hydrogens (tertiary/aromatic N) is 2. The molecule has 7 nitrogen and oxygen atoms in total. The van der Waals surface area contributed by atoms with E-state index in [1.165, 1.54) is 25.2 Å². The van der Waals surface area contributed by atoms with Gasteiger partial charge in [0.25, 0.3) is 5.91 Å². The van der Waals surface area contributed by atoms with Gasteiger partial charge in [-0.2, -0.15) is 13.2 Å². The summed E-state index contributed by atoms with van der Waals surface area (Å²) in [7, 11) is 1.27. The number of hydrogen-bond acceptors (Lipinski definition) is 5. The van der Waals surface area contributed by atoms with Crippen LogP contribution in [0.4, 0.5) is 23.9 Å². The molecule has 0 unspecified atom stereocenters. The first-order chi connectivity index (χ1) is 12.1. The van der Waals surface area contributed by atoms with Gasteiger partial charge in [-0.1, -0.05) is 23.5 Å². The van der Waals surface area contributed by atoms with Crippen LogP contribution in [0.5, 0.6) is 0 Å². The second kappa shape index (κ2) is 7.52. The average Bonchev–Trinajstić information content (AvgIpc) is 3.03. The smallest absolute Gasteiger partial charge is 0.332 e. The van der Waals surface area contributed by atoms with E-state index < -0.39 is 40.7 Å². The van der Waals surface area contributed by atoms with E-state index in [2.05, 4.69) is 5.32 Å². The van der Waals surface area contributed by atoms with E-state index in [-0.39, 0.29) is 9.88 Å². The van der Waals surface area contributed by atoms with Gasteiger partial charge in [-0.15, -0.1) is 0 Å². The van der Waals surface area contributed by atoms with Crippen LogP contribution >= 0.6 is 11.3 Å². The molecule has 0 radical (unpaired) electrons. The Bertz CT molecular complexity index is 851. The summed E-state index contributed by atoms with van der Waals surface area (Å²) in [4.78, 5) is 35.1. The molecule has 1 heterocycles. The molecular formula is C15H12F3N3O4S. The van der Waals surface area contributed by atoms with Crippen molar-refractivity contribution in [2.45, 2.75) is 6.18 Å². The number of para-hydroxylation sites is 1. The van der Waals surface area contributed by atoms with E-state index in [9.17, 15) is 32.9 Å². The van der Waals surface area contributed by atoms with Crippen molar-refractivity contribution in [1.82, 2.24) is 4.90 Å². The lowest BCUT2D eigenvalue weighted by molar-refractivity contribution is -0.380. The van der Waals surface area contributed by atoms with Crippen LogP contribution in [0.2, 0.25) is 0 Å². The number of carbonyl (C=O) groups is 2. The molecule has 1 aromatic heterocycles. The van der Waals surface area contributed by atoms with E-state index in [4.69, 9.17) is 0 Å². The number of likely N-dealkylation sites (N-methyl/N-ethyl adjacent to an activating group) is 1. The van der Waals surface area contributed by atoms with Crippen molar-refractivity contribution >= 4 is 33.8 Å². The largest absolute Gasteiger partial charge is 0.418 e. The van der Waals surface area contributed by atoms with Gasteiger partial charge >= 0.3 is 11.2 Å². The number of hydrogen-bond donors (Lipinski definition) is 1. The Labute approximate surface area is 149 Å². The molecule has 0 atom stereocenters. The lowest BCUT2D eigenvalue weighted by atomic mass is 10.1. The molecule has 0 aliphatic heterocycles. The molecule has 2 rings (SSSR count). The van der Waals surface area contributed by atoms with Crippen LogP contribution in [-0.4, -0.2) is 35.2 Å². The zero-order valence-electron chi connectivity index (χ0n) is 13.2. The lowest BCUT2D eigenvalue weighted by Crippen LogP contribution is -2.34. The number of nitrogens with one attached hydrogen (secondary N) is 1. The van der Waals surface area contributed by atoms with Crippen LogP contribution < -0.4 is 5.32 Å². The predicted octanol–water partition coefficient (Wildman–Crippen LogP) is 3.39. The molecule has 1 N–H and O–H groups in total. The Balaban J connectivity index is 2.05. The van der Waals surface area contributed by atoms with Crippen molar-refractivity contribution in [2.75, 3.05) is 18.9 Å². The third-order valence-electron chi connectivity index (χ3n) is 3.22. The van der Waals surface area contributed by atoms with E-state index in [1.807, 2.05) is 0 Å². The quantitative estimate of drug-likeness (QED) is 0.629. The van der Waals surface area contributed by atoms with E-state index >= 15 is 0 Å². The molecule has 0 saturated carbocycles. The van der Waals surface area contributed by atoms with Gasteiger partial charge in [0.05, 0.1) is 27.6 Å². The highest BCUT2D eigenvalue weighted by Crippen LogP contribution is 2.34.